The van der Waals surface area contributed by atoms with Gasteiger partial charge in [0.25, 0.3) is 0 Å². The molecule has 1 rings (SSSR count). The molecular weight excluding hydrogens is 262 g/mol. The van der Waals surface area contributed by atoms with Crippen LogP contribution in [0.15, 0.2) is 29.2 Å². The number of carbonyl (C=O) groups is 1. The summed E-state index contributed by atoms with van der Waals surface area (Å²) in [4.78, 5) is 12.8. The van der Waals surface area contributed by atoms with Crippen LogP contribution < -0.4 is 5.32 Å². The van der Waals surface area contributed by atoms with E-state index in [9.17, 15) is 4.79 Å². The summed E-state index contributed by atoms with van der Waals surface area (Å²) < 4.78 is 4.92. The van der Waals surface area contributed by atoms with Crippen LogP contribution in [0, 0.1) is 0 Å². The summed E-state index contributed by atoms with van der Waals surface area (Å²) in [6.07, 6.45) is 0.824. The van der Waals surface area contributed by atoms with E-state index >= 15 is 0 Å². The molecule has 0 heterocycles. The Morgan fingerprint density at radius 2 is 2.11 bits per heavy atom. The van der Waals surface area contributed by atoms with Crippen LogP contribution in [0.1, 0.15) is 18.9 Å². The lowest BCUT2D eigenvalue weighted by molar-refractivity contribution is -0.120. The highest BCUT2D eigenvalue weighted by Crippen LogP contribution is 2.23. The fourth-order valence-electron chi connectivity index (χ4n) is 1.50. The number of nitrogens with one attached hydrogen (secondary N) is 1. The standard InChI is InChI=1S/C14H21NO3S/c1-11(14(17)15-8-3-9-18-2)19-13-6-4-12(10-16)5-7-13/h4-7,11,16H,3,8-10H2,1-2H3,(H,15,17). The average Bonchev–Trinajstić information content (AvgIpc) is 2.44. The zero-order chi connectivity index (χ0) is 14.1. The van der Waals surface area contributed by atoms with Crippen LogP contribution in [-0.2, 0) is 16.1 Å². The molecular formula is C14H21NO3S. The lowest BCUT2D eigenvalue weighted by Gasteiger charge is -2.12. The number of methoxy groups -OCH3 is 1. The van der Waals surface area contributed by atoms with Crippen molar-refractivity contribution in [3.8, 4) is 0 Å². The molecule has 0 aliphatic heterocycles. The number of carbonyl (C=O) groups excluding carboxylic acids is 1. The first-order valence-electron chi connectivity index (χ1n) is 6.30. The van der Waals surface area contributed by atoms with Crippen molar-refractivity contribution in [2.45, 2.75) is 30.1 Å². The molecule has 0 bridgehead atoms. The minimum atomic E-state index is -0.137. The topological polar surface area (TPSA) is 58.6 Å². The van der Waals surface area contributed by atoms with Gasteiger partial charge >= 0.3 is 0 Å². The second-order valence-electron chi connectivity index (χ2n) is 4.20. The summed E-state index contributed by atoms with van der Waals surface area (Å²) in [6, 6.07) is 7.58. The number of aliphatic hydroxyl groups excluding tert-OH is 1. The Balaban J connectivity index is 2.35. The van der Waals surface area contributed by atoms with Gasteiger partial charge in [0.1, 0.15) is 0 Å². The Bertz CT molecular complexity index is 381. The molecule has 1 atom stereocenters. The number of ether oxygens (including phenoxy) is 1. The number of hydrogen-bond donors (Lipinski definition) is 2. The molecule has 19 heavy (non-hydrogen) atoms. The van der Waals surface area contributed by atoms with Crippen molar-refractivity contribution in [3.05, 3.63) is 29.8 Å². The Morgan fingerprint density at radius 1 is 1.42 bits per heavy atom. The molecule has 0 aliphatic carbocycles. The fraction of sp³-hybridized carbons (Fsp3) is 0.500. The maximum Gasteiger partial charge on any atom is 0.233 e. The molecule has 1 aromatic carbocycles. The van der Waals surface area contributed by atoms with Crippen LogP contribution in [-0.4, -0.2) is 36.5 Å². The highest BCUT2D eigenvalue weighted by molar-refractivity contribution is 8.00. The van der Waals surface area contributed by atoms with Crippen molar-refractivity contribution in [2.24, 2.45) is 0 Å². The number of amides is 1. The number of benzene rings is 1. The van der Waals surface area contributed by atoms with Gasteiger partial charge in [-0.1, -0.05) is 12.1 Å². The Labute approximate surface area is 118 Å². The molecule has 1 aromatic rings. The van der Waals surface area contributed by atoms with Gasteiger partial charge in [-0.25, -0.2) is 0 Å². The SMILES string of the molecule is COCCCNC(=O)C(C)Sc1ccc(CO)cc1. The Kier molecular flexibility index (Phi) is 7.55. The third-order valence-corrected chi connectivity index (χ3v) is 3.72. The third kappa shape index (κ3) is 6.09. The number of rotatable bonds is 8. The fourth-order valence-corrected chi connectivity index (χ4v) is 2.39. The third-order valence-electron chi connectivity index (χ3n) is 2.61. The van der Waals surface area contributed by atoms with Crippen LogP contribution in [0.2, 0.25) is 0 Å². The monoisotopic (exact) mass is 283 g/mol. The molecule has 106 valence electrons. The van der Waals surface area contributed by atoms with E-state index in [0.29, 0.717) is 13.2 Å². The van der Waals surface area contributed by atoms with E-state index in [0.717, 1.165) is 16.9 Å². The molecule has 0 saturated heterocycles. The molecule has 0 fully saturated rings. The Morgan fingerprint density at radius 3 is 2.68 bits per heavy atom. The van der Waals surface area contributed by atoms with E-state index in [1.54, 1.807) is 7.11 Å². The predicted molar refractivity (Wildman–Crippen MR) is 77.2 cm³/mol. The smallest absolute Gasteiger partial charge is 0.233 e. The van der Waals surface area contributed by atoms with Gasteiger partial charge < -0.3 is 15.2 Å². The minimum Gasteiger partial charge on any atom is -0.392 e. The van der Waals surface area contributed by atoms with Gasteiger partial charge in [-0.3, -0.25) is 4.79 Å². The summed E-state index contributed by atoms with van der Waals surface area (Å²) >= 11 is 1.51. The highest BCUT2D eigenvalue weighted by Gasteiger charge is 2.13. The van der Waals surface area contributed by atoms with Crippen molar-refractivity contribution >= 4 is 17.7 Å². The van der Waals surface area contributed by atoms with E-state index in [4.69, 9.17) is 9.84 Å². The van der Waals surface area contributed by atoms with E-state index < -0.39 is 0 Å². The highest BCUT2D eigenvalue weighted by atomic mass is 32.2. The molecule has 4 nitrogen and oxygen atoms in total. The average molecular weight is 283 g/mol. The van der Waals surface area contributed by atoms with Gasteiger partial charge in [-0.15, -0.1) is 11.8 Å². The van der Waals surface area contributed by atoms with Crippen molar-refractivity contribution in [1.82, 2.24) is 5.32 Å². The maximum atomic E-state index is 11.8. The molecule has 2 N–H and O–H groups in total. The van der Waals surface area contributed by atoms with Gasteiger partial charge in [0.05, 0.1) is 11.9 Å². The predicted octanol–water partition coefficient (Wildman–Crippen LogP) is 1.81. The van der Waals surface area contributed by atoms with Crippen LogP contribution in [0.3, 0.4) is 0 Å². The van der Waals surface area contributed by atoms with Crippen molar-refractivity contribution in [2.75, 3.05) is 20.3 Å². The Hall–Kier alpha value is -1.04. The number of aliphatic hydroxyl groups is 1. The summed E-state index contributed by atoms with van der Waals surface area (Å²) in [5.74, 6) is 0.0346. The number of hydrogen-bond acceptors (Lipinski definition) is 4. The van der Waals surface area contributed by atoms with E-state index in [1.807, 2.05) is 31.2 Å². The van der Waals surface area contributed by atoms with Gasteiger partial charge in [-0.05, 0) is 31.0 Å². The summed E-state index contributed by atoms with van der Waals surface area (Å²) in [5.41, 5.74) is 0.876. The largest absolute Gasteiger partial charge is 0.392 e. The van der Waals surface area contributed by atoms with E-state index in [1.165, 1.54) is 11.8 Å². The zero-order valence-corrected chi connectivity index (χ0v) is 12.2. The minimum absolute atomic E-state index is 0.0346. The maximum absolute atomic E-state index is 11.8. The normalized spacial score (nSPS) is 12.2. The zero-order valence-electron chi connectivity index (χ0n) is 11.4. The first kappa shape index (κ1) is 16.0. The van der Waals surface area contributed by atoms with Gasteiger partial charge in [0.15, 0.2) is 0 Å². The van der Waals surface area contributed by atoms with Crippen LogP contribution in [0.4, 0.5) is 0 Å². The van der Waals surface area contributed by atoms with E-state index in [2.05, 4.69) is 5.32 Å². The second kappa shape index (κ2) is 8.96. The first-order chi connectivity index (χ1) is 9.17. The second-order valence-corrected chi connectivity index (χ2v) is 5.61. The molecule has 0 aromatic heterocycles. The van der Waals surface area contributed by atoms with Crippen LogP contribution >= 0.6 is 11.8 Å². The summed E-state index contributed by atoms with van der Waals surface area (Å²) in [6.45, 7) is 3.22. The molecule has 1 amide bonds. The van der Waals surface area contributed by atoms with E-state index in [-0.39, 0.29) is 17.8 Å². The molecule has 5 heteroatoms. The van der Waals surface area contributed by atoms with Gasteiger partial charge in [0, 0.05) is 25.2 Å². The summed E-state index contributed by atoms with van der Waals surface area (Å²) in [5, 5.41) is 11.7. The first-order valence-corrected chi connectivity index (χ1v) is 7.18. The lowest BCUT2D eigenvalue weighted by atomic mass is 10.2. The van der Waals surface area contributed by atoms with Crippen LogP contribution in [0.25, 0.3) is 0 Å². The number of thioether (sulfide) groups is 1. The molecule has 0 radical (unpaired) electrons. The molecule has 0 saturated carbocycles. The molecule has 1 unspecified atom stereocenters. The van der Waals surface area contributed by atoms with Crippen LogP contribution in [0.5, 0.6) is 0 Å². The lowest BCUT2D eigenvalue weighted by Crippen LogP contribution is -2.32. The van der Waals surface area contributed by atoms with Crippen molar-refractivity contribution in [1.29, 1.82) is 0 Å². The molecule has 0 spiro atoms. The summed E-state index contributed by atoms with van der Waals surface area (Å²) in [7, 11) is 1.65. The van der Waals surface area contributed by atoms with Crippen molar-refractivity contribution in [3.63, 3.8) is 0 Å². The van der Waals surface area contributed by atoms with Gasteiger partial charge in [-0.2, -0.15) is 0 Å². The van der Waals surface area contributed by atoms with Crippen molar-refractivity contribution < 1.29 is 14.6 Å². The molecule has 0 aliphatic rings. The quantitative estimate of drug-likeness (QED) is 0.564. The van der Waals surface area contributed by atoms with Gasteiger partial charge in [0.2, 0.25) is 5.91 Å².